The van der Waals surface area contributed by atoms with Gasteiger partial charge >= 0.3 is 0 Å². The number of hydrogen-bond acceptors (Lipinski definition) is 4. The van der Waals surface area contributed by atoms with Crippen LogP contribution in [0.1, 0.15) is 36.0 Å². The van der Waals surface area contributed by atoms with Crippen molar-refractivity contribution in [2.45, 2.75) is 45.8 Å². The third-order valence-corrected chi connectivity index (χ3v) is 6.19. The molecular formula is C23H34N4O2S. The first-order chi connectivity index (χ1) is 14.3. The minimum atomic E-state index is -0.0519. The third-order valence-electron chi connectivity index (χ3n) is 5.78. The van der Waals surface area contributed by atoms with Gasteiger partial charge in [0.1, 0.15) is 0 Å². The molecule has 0 unspecified atom stereocenters. The lowest BCUT2D eigenvalue weighted by molar-refractivity contribution is 0.0897. The fourth-order valence-electron chi connectivity index (χ4n) is 3.85. The molecule has 0 aliphatic carbocycles. The van der Waals surface area contributed by atoms with Gasteiger partial charge in [0.15, 0.2) is 5.11 Å². The molecule has 1 aliphatic heterocycles. The second-order valence-corrected chi connectivity index (χ2v) is 8.89. The minimum Gasteiger partial charge on any atom is -0.376 e. The lowest BCUT2D eigenvalue weighted by Crippen LogP contribution is -2.44. The van der Waals surface area contributed by atoms with Crippen LogP contribution in [0, 0.1) is 13.8 Å². The SMILES string of the molecule is Cc1ccc2cc(CN(C[C@H]3CCCO3)C(=S)NCCCN(C)C)c(=O)[nH]c2c1C. The Hall–Kier alpha value is -1.96. The van der Waals surface area contributed by atoms with Crippen LogP contribution in [0.15, 0.2) is 23.0 Å². The molecule has 1 atom stereocenters. The molecule has 0 saturated carbocycles. The Labute approximate surface area is 184 Å². The number of rotatable bonds is 8. The Kier molecular flexibility index (Phi) is 7.86. The molecule has 0 radical (unpaired) electrons. The highest BCUT2D eigenvalue weighted by molar-refractivity contribution is 7.80. The van der Waals surface area contributed by atoms with Crippen LogP contribution in [-0.2, 0) is 11.3 Å². The number of aryl methyl sites for hydroxylation is 2. The van der Waals surface area contributed by atoms with Gasteiger partial charge in [0.05, 0.1) is 18.2 Å². The predicted octanol–water partition coefficient (Wildman–Crippen LogP) is 2.95. The van der Waals surface area contributed by atoms with E-state index in [1.165, 1.54) is 5.56 Å². The van der Waals surface area contributed by atoms with Gasteiger partial charge in [-0.2, -0.15) is 0 Å². The highest BCUT2D eigenvalue weighted by atomic mass is 32.1. The van der Waals surface area contributed by atoms with Crippen molar-refractivity contribution in [3.63, 3.8) is 0 Å². The first-order valence-corrected chi connectivity index (χ1v) is 11.2. The molecule has 30 heavy (non-hydrogen) atoms. The van der Waals surface area contributed by atoms with Gasteiger partial charge in [-0.25, -0.2) is 0 Å². The van der Waals surface area contributed by atoms with Crippen molar-refractivity contribution in [3.8, 4) is 0 Å². The van der Waals surface area contributed by atoms with E-state index in [0.717, 1.165) is 61.0 Å². The van der Waals surface area contributed by atoms with E-state index in [9.17, 15) is 4.79 Å². The average Bonchev–Trinajstić information content (AvgIpc) is 3.21. The van der Waals surface area contributed by atoms with Gasteiger partial charge in [0, 0.05) is 25.3 Å². The number of aromatic amines is 1. The van der Waals surface area contributed by atoms with E-state index in [1.54, 1.807) is 0 Å². The normalized spacial score (nSPS) is 16.4. The minimum absolute atomic E-state index is 0.0519. The summed E-state index contributed by atoms with van der Waals surface area (Å²) in [6.07, 6.45) is 3.29. The standard InChI is InChI=1S/C23H34N4O2S/c1-16-8-9-18-13-19(22(28)25-21(18)17(16)2)14-27(15-20-7-5-12-29-20)23(30)24-10-6-11-26(3)4/h8-9,13,20H,5-7,10-12,14-15H2,1-4H3,(H,24,30)(H,25,28)/t20-/m1/s1. The Morgan fingerprint density at radius 3 is 2.83 bits per heavy atom. The van der Waals surface area contributed by atoms with Crippen LogP contribution in [-0.4, -0.2) is 66.3 Å². The molecule has 1 aromatic heterocycles. The number of ether oxygens (including phenoxy) is 1. The van der Waals surface area contributed by atoms with Crippen LogP contribution >= 0.6 is 12.2 Å². The lowest BCUT2D eigenvalue weighted by Gasteiger charge is -2.28. The lowest BCUT2D eigenvalue weighted by atomic mass is 10.0. The number of benzene rings is 1. The number of hydrogen-bond donors (Lipinski definition) is 2. The molecule has 0 amide bonds. The number of thiocarbonyl (C=S) groups is 1. The molecule has 2 N–H and O–H groups in total. The van der Waals surface area contributed by atoms with E-state index in [-0.39, 0.29) is 11.7 Å². The smallest absolute Gasteiger partial charge is 0.253 e. The van der Waals surface area contributed by atoms with Crippen molar-refractivity contribution in [3.05, 3.63) is 45.2 Å². The molecule has 3 rings (SSSR count). The summed E-state index contributed by atoms with van der Waals surface area (Å²) in [7, 11) is 4.13. The average molecular weight is 431 g/mol. The van der Waals surface area contributed by atoms with E-state index in [0.29, 0.717) is 18.2 Å². The van der Waals surface area contributed by atoms with Crippen molar-refractivity contribution in [1.29, 1.82) is 0 Å². The summed E-state index contributed by atoms with van der Waals surface area (Å²) in [5.41, 5.74) is 3.88. The first kappa shape index (κ1) is 22.7. The number of nitrogens with zero attached hydrogens (tertiary/aromatic N) is 2. The first-order valence-electron chi connectivity index (χ1n) is 10.8. The van der Waals surface area contributed by atoms with E-state index in [1.807, 2.05) is 13.0 Å². The highest BCUT2D eigenvalue weighted by Crippen LogP contribution is 2.20. The zero-order chi connectivity index (χ0) is 21.7. The molecule has 2 aromatic rings. The van der Waals surface area contributed by atoms with Crippen LogP contribution in [0.2, 0.25) is 0 Å². The molecule has 164 valence electrons. The number of pyridine rings is 1. The van der Waals surface area contributed by atoms with E-state index in [2.05, 4.69) is 53.3 Å². The quantitative estimate of drug-likeness (QED) is 0.496. The van der Waals surface area contributed by atoms with Crippen LogP contribution in [0.4, 0.5) is 0 Å². The Morgan fingerprint density at radius 1 is 1.33 bits per heavy atom. The van der Waals surface area contributed by atoms with Gasteiger partial charge in [-0.05, 0) is 88.5 Å². The molecule has 0 bridgehead atoms. The van der Waals surface area contributed by atoms with Gasteiger partial charge in [0.25, 0.3) is 5.56 Å². The Morgan fingerprint density at radius 2 is 2.13 bits per heavy atom. The number of aromatic nitrogens is 1. The fourth-order valence-corrected chi connectivity index (χ4v) is 4.09. The highest BCUT2D eigenvalue weighted by Gasteiger charge is 2.22. The van der Waals surface area contributed by atoms with Gasteiger partial charge in [-0.15, -0.1) is 0 Å². The molecule has 7 heteroatoms. The van der Waals surface area contributed by atoms with Crippen LogP contribution < -0.4 is 10.9 Å². The van der Waals surface area contributed by atoms with Crippen molar-refractivity contribution < 1.29 is 4.74 Å². The summed E-state index contributed by atoms with van der Waals surface area (Å²) in [4.78, 5) is 20.2. The van der Waals surface area contributed by atoms with Gasteiger partial charge in [0.2, 0.25) is 0 Å². The predicted molar refractivity (Wildman–Crippen MR) is 127 cm³/mol. The molecule has 0 spiro atoms. The van der Waals surface area contributed by atoms with Crippen molar-refractivity contribution in [2.75, 3.05) is 40.3 Å². The van der Waals surface area contributed by atoms with Gasteiger partial charge in [-0.1, -0.05) is 12.1 Å². The topological polar surface area (TPSA) is 60.6 Å². The molecule has 1 aliphatic rings. The molecule has 6 nitrogen and oxygen atoms in total. The monoisotopic (exact) mass is 430 g/mol. The fraction of sp³-hybridized carbons (Fsp3) is 0.565. The van der Waals surface area contributed by atoms with Crippen molar-refractivity contribution >= 4 is 28.2 Å². The van der Waals surface area contributed by atoms with Crippen LogP contribution in [0.25, 0.3) is 10.9 Å². The van der Waals surface area contributed by atoms with Crippen molar-refractivity contribution in [1.82, 2.24) is 20.1 Å². The summed E-state index contributed by atoms with van der Waals surface area (Å²) < 4.78 is 5.84. The van der Waals surface area contributed by atoms with Gasteiger partial charge < -0.3 is 24.8 Å². The van der Waals surface area contributed by atoms with Crippen LogP contribution in [0.3, 0.4) is 0 Å². The van der Waals surface area contributed by atoms with Crippen LogP contribution in [0.5, 0.6) is 0 Å². The third kappa shape index (κ3) is 5.80. The summed E-state index contributed by atoms with van der Waals surface area (Å²) >= 11 is 5.70. The zero-order valence-electron chi connectivity index (χ0n) is 18.6. The second kappa shape index (κ2) is 10.4. The molecule has 1 fully saturated rings. The molecule has 2 heterocycles. The van der Waals surface area contributed by atoms with Crippen molar-refractivity contribution in [2.24, 2.45) is 0 Å². The zero-order valence-corrected chi connectivity index (χ0v) is 19.4. The Balaban J connectivity index is 1.77. The summed E-state index contributed by atoms with van der Waals surface area (Å²) in [6, 6.07) is 6.16. The summed E-state index contributed by atoms with van der Waals surface area (Å²) in [6.45, 7) is 7.89. The second-order valence-electron chi connectivity index (χ2n) is 8.50. The molecule has 1 aromatic carbocycles. The Bertz CT molecular complexity index is 935. The molecular weight excluding hydrogens is 396 g/mol. The number of H-pyrrole nitrogens is 1. The maximum atomic E-state index is 12.8. The van der Waals surface area contributed by atoms with E-state index in [4.69, 9.17) is 17.0 Å². The van der Waals surface area contributed by atoms with E-state index >= 15 is 0 Å². The maximum absolute atomic E-state index is 12.8. The largest absolute Gasteiger partial charge is 0.376 e. The van der Waals surface area contributed by atoms with Gasteiger partial charge in [-0.3, -0.25) is 4.79 Å². The van der Waals surface area contributed by atoms with E-state index < -0.39 is 0 Å². The summed E-state index contributed by atoms with van der Waals surface area (Å²) in [5.74, 6) is 0. The number of fused-ring (bicyclic) bond motifs is 1. The number of nitrogens with one attached hydrogen (secondary N) is 2. The maximum Gasteiger partial charge on any atom is 0.253 e. The molecule has 1 saturated heterocycles. The summed E-state index contributed by atoms with van der Waals surface area (Å²) in [5, 5.41) is 5.10.